The molecule has 7 N–H and O–H groups in total. The third-order valence-corrected chi connectivity index (χ3v) is 7.92. The Morgan fingerprint density at radius 1 is 0.605 bits per heavy atom. The van der Waals surface area contributed by atoms with Gasteiger partial charge in [-0.3, -0.25) is 4.79 Å². The molecule has 43 heavy (non-hydrogen) atoms. The number of ketones is 1. The van der Waals surface area contributed by atoms with Crippen LogP contribution < -0.4 is 5.73 Å². The summed E-state index contributed by atoms with van der Waals surface area (Å²) in [6.07, 6.45) is 33.5. The van der Waals surface area contributed by atoms with Gasteiger partial charge in [0.15, 0.2) is 5.78 Å². The van der Waals surface area contributed by atoms with Gasteiger partial charge >= 0.3 is 7.82 Å². The maximum Gasteiger partial charge on any atom is 0.466 e. The fourth-order valence-electron chi connectivity index (χ4n) is 5.16. The molecule has 3 atom stereocenters. The molecular formula is C34H70NO7P. The number of rotatable bonds is 30. The van der Waals surface area contributed by atoms with Crippen molar-refractivity contribution in [3.8, 4) is 0 Å². The summed E-state index contributed by atoms with van der Waals surface area (Å²) >= 11 is 0. The monoisotopic (exact) mass is 635 g/mol. The van der Waals surface area contributed by atoms with E-state index in [1.807, 2.05) is 6.08 Å². The number of nitrogens with two attached hydrogens (primary N) is 1. The molecule has 9 heteroatoms. The molecule has 0 heterocycles. The number of carbonyl (C=O) groups is 1. The van der Waals surface area contributed by atoms with Crippen LogP contribution in [0.3, 0.4) is 0 Å². The Balaban J connectivity index is 0. The van der Waals surface area contributed by atoms with E-state index in [1.54, 1.807) is 6.08 Å². The molecule has 0 amide bonds. The highest BCUT2D eigenvalue weighted by Crippen LogP contribution is 2.25. The first kappa shape index (κ1) is 44.5. The first-order valence-electron chi connectivity index (χ1n) is 17.6. The Morgan fingerprint density at radius 3 is 1.26 bits per heavy atom. The van der Waals surface area contributed by atoms with Gasteiger partial charge in [-0.05, 0) is 19.3 Å². The van der Waals surface area contributed by atoms with E-state index < -0.39 is 26.1 Å². The second-order valence-corrected chi connectivity index (χ2v) is 13.3. The summed E-state index contributed by atoms with van der Waals surface area (Å²) in [6.45, 7) is 4.52. The smallest absolute Gasteiger partial charge is 0.387 e. The number of aliphatic hydroxyl groups excluding tert-OH is 2. The first-order valence-corrected chi connectivity index (χ1v) is 19.2. The standard InChI is InChI=1S/C34H67NO3.H3O4P/c1-3-5-7-9-11-13-15-17-19-21-23-25-27-29-31(36)33(35)34(38)32(37)30-28-26-24-22-20-18-16-14-12-10-8-6-4-2;1-5(2,3)4/h27,29,31,33-34,36,38H,3-26,28,30,35H2,1-2H3;(H3,1,2,3,4)/b29-27+;/t31-,33-,34?;/m1./s1. The molecule has 0 aliphatic heterocycles. The predicted molar refractivity (Wildman–Crippen MR) is 180 cm³/mol. The Hall–Kier alpha value is -0.600. The third kappa shape index (κ3) is 37.5. The van der Waals surface area contributed by atoms with E-state index in [0.29, 0.717) is 6.42 Å². The van der Waals surface area contributed by atoms with Crippen molar-refractivity contribution >= 4 is 13.6 Å². The van der Waals surface area contributed by atoms with Crippen molar-refractivity contribution in [1.82, 2.24) is 0 Å². The number of aliphatic hydroxyl groups is 2. The van der Waals surface area contributed by atoms with E-state index in [9.17, 15) is 15.0 Å². The molecule has 0 aliphatic carbocycles. The fourth-order valence-corrected chi connectivity index (χ4v) is 5.16. The van der Waals surface area contributed by atoms with Crippen molar-refractivity contribution in [3.05, 3.63) is 12.2 Å². The van der Waals surface area contributed by atoms with Crippen LogP contribution in [0.15, 0.2) is 12.2 Å². The highest BCUT2D eigenvalue weighted by molar-refractivity contribution is 7.45. The highest BCUT2D eigenvalue weighted by atomic mass is 31.2. The van der Waals surface area contributed by atoms with Gasteiger partial charge in [0.05, 0.1) is 12.1 Å². The third-order valence-electron chi connectivity index (χ3n) is 7.92. The van der Waals surface area contributed by atoms with Crippen molar-refractivity contribution in [2.24, 2.45) is 5.73 Å². The molecule has 8 nitrogen and oxygen atoms in total. The highest BCUT2D eigenvalue weighted by Gasteiger charge is 2.26. The van der Waals surface area contributed by atoms with Crippen LogP contribution >= 0.6 is 7.82 Å². The van der Waals surface area contributed by atoms with Gasteiger partial charge in [-0.15, -0.1) is 0 Å². The lowest BCUT2D eigenvalue weighted by molar-refractivity contribution is -0.129. The van der Waals surface area contributed by atoms with Crippen LogP contribution in [0.2, 0.25) is 0 Å². The normalized spacial score (nSPS) is 14.0. The van der Waals surface area contributed by atoms with Crippen LogP contribution in [0, 0.1) is 0 Å². The van der Waals surface area contributed by atoms with Gasteiger partial charge in [-0.1, -0.05) is 167 Å². The van der Waals surface area contributed by atoms with Crippen LogP contribution in [-0.4, -0.2) is 48.9 Å². The molecule has 0 rings (SSSR count). The minimum absolute atomic E-state index is 0.238. The Labute approximate surface area is 264 Å². The number of carbonyl (C=O) groups excluding carboxylic acids is 1. The summed E-state index contributed by atoms with van der Waals surface area (Å²) in [6, 6.07) is -0.946. The summed E-state index contributed by atoms with van der Waals surface area (Å²) in [5.74, 6) is -0.238. The Morgan fingerprint density at radius 2 is 0.907 bits per heavy atom. The Kier molecular flexibility index (Phi) is 33.9. The molecule has 0 aliphatic rings. The molecule has 1 unspecified atom stereocenters. The quantitative estimate of drug-likeness (QED) is 0.0260. The number of Topliss-reactive ketones (excluding diaryl/α,β-unsaturated/α-hetero) is 1. The summed E-state index contributed by atoms with van der Waals surface area (Å²) < 4.78 is 8.88. The topological polar surface area (TPSA) is 161 Å². The van der Waals surface area contributed by atoms with Gasteiger partial charge in [0.2, 0.25) is 0 Å². The van der Waals surface area contributed by atoms with Crippen molar-refractivity contribution < 1.29 is 34.3 Å². The maximum atomic E-state index is 12.3. The molecule has 0 spiro atoms. The molecule has 258 valence electrons. The second-order valence-electron chi connectivity index (χ2n) is 12.2. The number of phosphoric acid groups is 1. The van der Waals surface area contributed by atoms with Gasteiger partial charge in [0.25, 0.3) is 0 Å². The molecule has 0 aromatic heterocycles. The maximum absolute atomic E-state index is 12.3. The minimum atomic E-state index is -4.64. The van der Waals surface area contributed by atoms with Gasteiger partial charge in [0, 0.05) is 6.42 Å². The molecule has 0 radical (unpaired) electrons. The van der Waals surface area contributed by atoms with Gasteiger partial charge in [0.1, 0.15) is 6.10 Å². The Bertz CT molecular complexity index is 663. The SMILES string of the molecule is CCCCCCCCCCCCC/C=C/[C@@H](O)[C@@H](N)C(O)C(=O)CCCCCCCCCCCCCCC.O=P(O)(O)O. The van der Waals surface area contributed by atoms with Crippen molar-refractivity contribution in [2.45, 2.75) is 199 Å². The summed E-state index contributed by atoms with van der Waals surface area (Å²) in [7, 11) is -4.64. The van der Waals surface area contributed by atoms with Crippen LogP contribution in [0.1, 0.15) is 181 Å². The van der Waals surface area contributed by atoms with E-state index in [4.69, 9.17) is 25.0 Å². The van der Waals surface area contributed by atoms with Crippen LogP contribution in [0.4, 0.5) is 0 Å². The molecule has 0 bridgehead atoms. The lowest BCUT2D eigenvalue weighted by Gasteiger charge is -2.21. The number of hydrogen-bond acceptors (Lipinski definition) is 5. The van der Waals surface area contributed by atoms with E-state index in [0.717, 1.165) is 32.1 Å². The summed E-state index contributed by atoms with van der Waals surface area (Å²) in [5.41, 5.74) is 5.98. The van der Waals surface area contributed by atoms with E-state index in [2.05, 4.69) is 13.8 Å². The first-order chi connectivity index (χ1) is 20.5. The zero-order valence-corrected chi connectivity index (χ0v) is 28.7. The molecule has 0 saturated carbocycles. The van der Waals surface area contributed by atoms with Gasteiger partial charge in [-0.25, -0.2) is 4.57 Å². The van der Waals surface area contributed by atoms with Crippen LogP contribution in [-0.2, 0) is 9.36 Å². The summed E-state index contributed by atoms with van der Waals surface area (Å²) in [4.78, 5) is 33.9. The number of allylic oxidation sites excluding steroid dienone is 1. The fraction of sp³-hybridized carbons (Fsp3) is 0.912. The molecule has 0 aromatic rings. The average molecular weight is 636 g/mol. The zero-order chi connectivity index (χ0) is 32.6. The average Bonchev–Trinajstić information content (AvgIpc) is 2.96. The van der Waals surface area contributed by atoms with Crippen molar-refractivity contribution in [1.29, 1.82) is 0 Å². The van der Waals surface area contributed by atoms with E-state index in [-0.39, 0.29) is 5.78 Å². The van der Waals surface area contributed by atoms with Crippen molar-refractivity contribution in [3.63, 3.8) is 0 Å². The number of unbranched alkanes of at least 4 members (excludes halogenated alkanes) is 23. The predicted octanol–water partition coefficient (Wildman–Crippen LogP) is 8.41. The van der Waals surface area contributed by atoms with Crippen LogP contribution in [0.5, 0.6) is 0 Å². The van der Waals surface area contributed by atoms with E-state index >= 15 is 0 Å². The molecule has 0 fully saturated rings. The zero-order valence-electron chi connectivity index (χ0n) is 27.8. The van der Waals surface area contributed by atoms with Gasteiger partial charge in [-0.2, -0.15) is 0 Å². The molecule has 0 aromatic carbocycles. The lowest BCUT2D eigenvalue weighted by atomic mass is 9.97. The second kappa shape index (κ2) is 32.8. The molecule has 0 saturated heterocycles. The van der Waals surface area contributed by atoms with Crippen molar-refractivity contribution in [2.75, 3.05) is 0 Å². The largest absolute Gasteiger partial charge is 0.466 e. The minimum Gasteiger partial charge on any atom is -0.387 e. The van der Waals surface area contributed by atoms with Gasteiger partial charge < -0.3 is 30.6 Å². The van der Waals surface area contributed by atoms with Crippen LogP contribution in [0.25, 0.3) is 0 Å². The van der Waals surface area contributed by atoms with E-state index in [1.165, 1.54) is 128 Å². The molecular weight excluding hydrogens is 565 g/mol. The summed E-state index contributed by atoms with van der Waals surface area (Å²) in [5, 5.41) is 20.6. The number of hydrogen-bond donors (Lipinski definition) is 6. The lowest BCUT2D eigenvalue weighted by Crippen LogP contribution is -2.47.